The number of rotatable bonds is 5. The molecule has 0 saturated carbocycles. The Balaban J connectivity index is 1.48. The Hall–Kier alpha value is -2.84. The number of likely N-dealkylation sites (tertiary alicyclic amines) is 1. The molecule has 3 aromatic rings. The fourth-order valence-electron chi connectivity index (χ4n) is 3.54. The molecule has 1 aliphatic heterocycles. The van der Waals surface area contributed by atoms with Crippen LogP contribution in [0.5, 0.6) is 0 Å². The van der Waals surface area contributed by atoms with E-state index in [0.29, 0.717) is 33.7 Å². The molecule has 1 saturated heterocycles. The normalized spacial score (nSPS) is 16.3. The Bertz CT molecular complexity index is 1060. The van der Waals surface area contributed by atoms with Gasteiger partial charge in [0.1, 0.15) is 0 Å². The average Bonchev–Trinajstić information content (AvgIpc) is 3.44. The highest BCUT2D eigenvalue weighted by Crippen LogP contribution is 2.32. The molecule has 0 spiro atoms. The molecule has 1 fully saturated rings. The first-order chi connectivity index (χ1) is 14.5. The highest BCUT2D eigenvalue weighted by atomic mass is 32.1. The van der Waals surface area contributed by atoms with Crippen molar-refractivity contribution in [3.63, 3.8) is 0 Å². The number of anilines is 1. The smallest absolute Gasteiger partial charge is 0.263 e. The van der Waals surface area contributed by atoms with Gasteiger partial charge in [0.15, 0.2) is 10.9 Å². The first-order valence-electron chi connectivity index (χ1n) is 9.73. The number of hydrogen-bond donors (Lipinski definition) is 1. The molecule has 2 amide bonds. The van der Waals surface area contributed by atoms with E-state index in [1.54, 1.807) is 11.0 Å². The van der Waals surface area contributed by atoms with Gasteiger partial charge in [0.05, 0.1) is 21.4 Å². The number of piperidine rings is 1. The number of thiazole rings is 1. The van der Waals surface area contributed by atoms with E-state index in [0.717, 1.165) is 18.4 Å². The van der Waals surface area contributed by atoms with E-state index in [9.17, 15) is 14.4 Å². The summed E-state index contributed by atoms with van der Waals surface area (Å²) in [6, 6.07) is 13.1. The third kappa shape index (κ3) is 4.34. The monoisotopic (exact) mass is 439 g/mol. The van der Waals surface area contributed by atoms with E-state index in [1.807, 2.05) is 41.8 Å². The van der Waals surface area contributed by atoms with Gasteiger partial charge in [-0.15, -0.1) is 11.3 Å². The highest BCUT2D eigenvalue weighted by molar-refractivity contribution is 7.18. The fraction of sp³-hybridized carbons (Fsp3) is 0.273. The second kappa shape index (κ2) is 8.89. The van der Waals surface area contributed by atoms with E-state index < -0.39 is 0 Å². The number of aromatic nitrogens is 1. The zero-order chi connectivity index (χ0) is 21.1. The zero-order valence-electron chi connectivity index (χ0n) is 16.5. The van der Waals surface area contributed by atoms with Crippen LogP contribution in [0.4, 0.5) is 5.13 Å². The van der Waals surface area contributed by atoms with Crippen LogP contribution >= 0.6 is 22.7 Å². The number of Topliss-reactive ketones (excluding diaryl/α,β-unsaturated/α-hetero) is 1. The summed E-state index contributed by atoms with van der Waals surface area (Å²) < 4.78 is 0. The number of nitrogens with one attached hydrogen (secondary N) is 1. The lowest BCUT2D eigenvalue weighted by Crippen LogP contribution is -2.43. The minimum atomic E-state index is -0.299. The number of nitrogens with zero attached hydrogens (tertiary/aromatic N) is 2. The minimum absolute atomic E-state index is 0.0259. The molecule has 0 bridgehead atoms. The number of hydrogen-bond acceptors (Lipinski definition) is 6. The van der Waals surface area contributed by atoms with Gasteiger partial charge in [0.25, 0.3) is 5.91 Å². The van der Waals surface area contributed by atoms with Gasteiger partial charge in [-0.3, -0.25) is 14.4 Å². The zero-order valence-corrected chi connectivity index (χ0v) is 18.1. The Labute approximate surface area is 182 Å². The highest BCUT2D eigenvalue weighted by Gasteiger charge is 2.30. The lowest BCUT2D eigenvalue weighted by atomic mass is 9.97. The van der Waals surface area contributed by atoms with Crippen LogP contribution in [-0.2, 0) is 4.79 Å². The van der Waals surface area contributed by atoms with Crippen molar-refractivity contribution in [3.8, 4) is 11.3 Å². The number of carbonyl (C=O) groups is 3. The van der Waals surface area contributed by atoms with Crippen molar-refractivity contribution in [1.29, 1.82) is 0 Å². The molecule has 4 rings (SSSR count). The summed E-state index contributed by atoms with van der Waals surface area (Å²) in [5, 5.41) is 5.16. The summed E-state index contributed by atoms with van der Waals surface area (Å²) in [6.45, 7) is 2.55. The van der Waals surface area contributed by atoms with Crippen molar-refractivity contribution >= 4 is 45.4 Å². The van der Waals surface area contributed by atoms with Crippen LogP contribution in [-0.4, -0.2) is 40.6 Å². The van der Waals surface area contributed by atoms with Gasteiger partial charge in [-0.2, -0.15) is 0 Å². The van der Waals surface area contributed by atoms with Crippen LogP contribution in [0.25, 0.3) is 11.3 Å². The van der Waals surface area contributed by atoms with Gasteiger partial charge < -0.3 is 10.2 Å². The average molecular weight is 440 g/mol. The standard InChI is InChI=1S/C22H21N3O3S2/c1-14(26)19-18(15-7-3-2-4-8-15)23-22(30-19)24-20(27)16-9-5-11-25(13-16)21(28)17-10-6-12-29-17/h2-4,6-8,10,12,16H,5,9,11,13H2,1H3,(H,23,24,27)/t16-/m1/s1. The first kappa shape index (κ1) is 20.4. The molecule has 30 heavy (non-hydrogen) atoms. The van der Waals surface area contributed by atoms with Crippen LogP contribution in [0.3, 0.4) is 0 Å². The van der Waals surface area contributed by atoms with Gasteiger partial charge in [0, 0.05) is 25.6 Å². The fourth-order valence-corrected chi connectivity index (χ4v) is 5.12. The second-order valence-electron chi connectivity index (χ2n) is 7.18. The summed E-state index contributed by atoms with van der Waals surface area (Å²) in [4.78, 5) is 45.1. The van der Waals surface area contributed by atoms with Crippen LogP contribution in [0.2, 0.25) is 0 Å². The van der Waals surface area contributed by atoms with Crippen molar-refractivity contribution in [1.82, 2.24) is 9.88 Å². The quantitative estimate of drug-likeness (QED) is 0.591. The minimum Gasteiger partial charge on any atom is -0.337 e. The summed E-state index contributed by atoms with van der Waals surface area (Å²) in [7, 11) is 0. The van der Waals surface area contributed by atoms with E-state index in [1.165, 1.54) is 29.6 Å². The van der Waals surface area contributed by atoms with Gasteiger partial charge in [-0.1, -0.05) is 47.7 Å². The molecule has 3 heterocycles. The molecular weight excluding hydrogens is 418 g/mol. The molecule has 1 atom stereocenters. The van der Waals surface area contributed by atoms with Crippen LogP contribution in [0.1, 0.15) is 39.1 Å². The third-order valence-corrected chi connectivity index (χ3v) is 6.97. The lowest BCUT2D eigenvalue weighted by molar-refractivity contribution is -0.121. The predicted molar refractivity (Wildman–Crippen MR) is 119 cm³/mol. The molecule has 0 radical (unpaired) electrons. The number of ketones is 1. The Morgan fingerprint density at radius 2 is 1.93 bits per heavy atom. The van der Waals surface area contributed by atoms with Crippen molar-refractivity contribution in [2.45, 2.75) is 19.8 Å². The topological polar surface area (TPSA) is 79.4 Å². The lowest BCUT2D eigenvalue weighted by Gasteiger charge is -2.31. The van der Waals surface area contributed by atoms with Crippen molar-refractivity contribution in [2.75, 3.05) is 18.4 Å². The maximum absolute atomic E-state index is 12.9. The number of amides is 2. The number of thiophene rings is 1. The molecular formula is C22H21N3O3S2. The predicted octanol–water partition coefficient (Wildman–Crippen LogP) is 4.57. The van der Waals surface area contributed by atoms with E-state index >= 15 is 0 Å². The Kier molecular flexibility index (Phi) is 6.06. The van der Waals surface area contributed by atoms with Gasteiger partial charge >= 0.3 is 0 Å². The third-order valence-electron chi connectivity index (χ3n) is 5.04. The SMILES string of the molecule is CC(=O)c1sc(NC(=O)[C@@H]2CCCN(C(=O)c3cccs3)C2)nc1-c1ccccc1. The van der Waals surface area contributed by atoms with E-state index in [-0.39, 0.29) is 23.5 Å². The maximum Gasteiger partial charge on any atom is 0.263 e. The molecule has 2 aromatic heterocycles. The Morgan fingerprint density at radius 3 is 2.63 bits per heavy atom. The molecule has 0 aliphatic carbocycles. The summed E-state index contributed by atoms with van der Waals surface area (Å²) in [5.74, 6) is -0.575. The summed E-state index contributed by atoms with van der Waals surface area (Å²) in [5.41, 5.74) is 1.42. The molecule has 1 aromatic carbocycles. The molecule has 154 valence electrons. The van der Waals surface area contributed by atoms with E-state index in [4.69, 9.17) is 0 Å². The van der Waals surface area contributed by atoms with Crippen molar-refractivity contribution < 1.29 is 14.4 Å². The van der Waals surface area contributed by atoms with Crippen molar-refractivity contribution in [2.24, 2.45) is 5.92 Å². The van der Waals surface area contributed by atoms with Gasteiger partial charge in [0.2, 0.25) is 5.91 Å². The first-order valence-corrected chi connectivity index (χ1v) is 11.4. The largest absolute Gasteiger partial charge is 0.337 e. The molecule has 0 unspecified atom stereocenters. The summed E-state index contributed by atoms with van der Waals surface area (Å²) in [6.07, 6.45) is 1.50. The second-order valence-corrected chi connectivity index (χ2v) is 9.12. The van der Waals surface area contributed by atoms with Crippen molar-refractivity contribution in [3.05, 3.63) is 57.6 Å². The van der Waals surface area contributed by atoms with Crippen LogP contribution < -0.4 is 5.32 Å². The van der Waals surface area contributed by atoms with E-state index in [2.05, 4.69) is 10.3 Å². The Morgan fingerprint density at radius 1 is 1.13 bits per heavy atom. The molecule has 8 heteroatoms. The van der Waals surface area contributed by atoms with Gasteiger partial charge in [-0.05, 0) is 24.3 Å². The van der Waals surface area contributed by atoms with Crippen LogP contribution in [0, 0.1) is 5.92 Å². The maximum atomic E-state index is 12.9. The molecule has 1 aliphatic rings. The number of carbonyl (C=O) groups excluding carboxylic acids is 3. The molecule has 6 nitrogen and oxygen atoms in total. The summed E-state index contributed by atoms with van der Waals surface area (Å²) >= 11 is 2.60. The van der Waals surface area contributed by atoms with Crippen LogP contribution in [0.15, 0.2) is 47.8 Å². The number of benzene rings is 1. The molecule has 1 N–H and O–H groups in total. The van der Waals surface area contributed by atoms with Gasteiger partial charge in [-0.25, -0.2) is 4.98 Å².